The lowest BCUT2D eigenvalue weighted by molar-refractivity contribution is 0.103. The van der Waals surface area contributed by atoms with Gasteiger partial charge in [0.25, 0.3) is 5.91 Å². The molecule has 1 heterocycles. The molecule has 0 atom stereocenters. The van der Waals surface area contributed by atoms with Crippen LogP contribution in [-0.4, -0.2) is 28.6 Å². The fraction of sp³-hybridized carbons (Fsp3) is 0.250. The number of unbranched alkanes of at least 4 members (excludes halogenated alkanes) is 1. The van der Waals surface area contributed by atoms with Crippen molar-refractivity contribution in [1.82, 2.24) is 10.3 Å². The number of nitrogens with one attached hydrogen (secondary N) is 3. The van der Waals surface area contributed by atoms with Crippen molar-refractivity contribution in [3.05, 3.63) is 47.0 Å². The summed E-state index contributed by atoms with van der Waals surface area (Å²) in [6.07, 6.45) is 1.89. The number of aryl methyl sites for hydroxylation is 1. The van der Waals surface area contributed by atoms with Crippen molar-refractivity contribution < 1.29 is 14.7 Å². The molecule has 146 valence electrons. The lowest BCUT2D eigenvalue weighted by atomic mass is 10.1. The minimum Gasteiger partial charge on any atom is -0.508 e. The maximum absolute atomic E-state index is 12.7. The largest absolute Gasteiger partial charge is 0.508 e. The zero-order valence-electron chi connectivity index (χ0n) is 15.7. The van der Waals surface area contributed by atoms with Crippen molar-refractivity contribution in [3.63, 3.8) is 0 Å². The summed E-state index contributed by atoms with van der Waals surface area (Å²) in [5, 5.41) is 20.2. The summed E-state index contributed by atoms with van der Waals surface area (Å²) in [5.41, 5.74) is 1.04. The predicted molar refractivity (Wildman–Crippen MR) is 112 cm³/mol. The summed E-state index contributed by atoms with van der Waals surface area (Å²) in [6.45, 7) is 4.35. The van der Waals surface area contributed by atoms with Crippen LogP contribution in [0.3, 0.4) is 0 Å². The maximum atomic E-state index is 12.7. The van der Waals surface area contributed by atoms with E-state index < -0.39 is 0 Å². The highest BCUT2D eigenvalue weighted by Crippen LogP contribution is 2.30. The number of hydrogen-bond acceptors (Lipinski definition) is 5. The van der Waals surface area contributed by atoms with Crippen LogP contribution in [-0.2, 0) is 0 Å². The molecule has 0 saturated heterocycles. The molecule has 0 aliphatic rings. The van der Waals surface area contributed by atoms with Gasteiger partial charge in [0.1, 0.15) is 10.6 Å². The Hall–Kier alpha value is -3.13. The van der Waals surface area contributed by atoms with Gasteiger partial charge in [0.2, 0.25) is 0 Å². The van der Waals surface area contributed by atoms with Gasteiger partial charge in [-0.05, 0) is 24.8 Å². The number of carbonyl (C=O) groups is 2. The molecule has 28 heavy (non-hydrogen) atoms. The van der Waals surface area contributed by atoms with E-state index in [-0.39, 0.29) is 17.7 Å². The number of benzene rings is 2. The van der Waals surface area contributed by atoms with Gasteiger partial charge >= 0.3 is 6.03 Å². The first-order chi connectivity index (χ1) is 13.5. The lowest BCUT2D eigenvalue weighted by Gasteiger charge is -2.09. The van der Waals surface area contributed by atoms with Crippen LogP contribution in [0, 0.1) is 6.92 Å². The second-order valence-corrected chi connectivity index (χ2v) is 7.34. The SMILES string of the molecule is CCCCNC(=O)Nc1nc(C)c(C(=O)Nc2cc(O)cc3ccccc23)s1. The number of fused-ring (bicyclic) bond motifs is 1. The van der Waals surface area contributed by atoms with Crippen LogP contribution in [0.2, 0.25) is 0 Å². The monoisotopic (exact) mass is 398 g/mol. The molecule has 0 saturated carbocycles. The van der Waals surface area contributed by atoms with Gasteiger partial charge in [-0.1, -0.05) is 48.9 Å². The molecule has 2 aromatic carbocycles. The number of carbonyl (C=O) groups excluding carboxylic acids is 2. The zero-order valence-corrected chi connectivity index (χ0v) is 16.5. The van der Waals surface area contributed by atoms with Crippen molar-refractivity contribution in [2.75, 3.05) is 17.2 Å². The Morgan fingerprint density at radius 2 is 1.96 bits per heavy atom. The highest BCUT2D eigenvalue weighted by atomic mass is 32.1. The van der Waals surface area contributed by atoms with Crippen LogP contribution in [0.25, 0.3) is 10.8 Å². The van der Waals surface area contributed by atoms with E-state index in [4.69, 9.17) is 0 Å². The number of aromatic nitrogens is 1. The Balaban J connectivity index is 1.75. The van der Waals surface area contributed by atoms with Crippen LogP contribution in [0.4, 0.5) is 15.6 Å². The third kappa shape index (κ3) is 4.58. The topological polar surface area (TPSA) is 103 Å². The summed E-state index contributed by atoms with van der Waals surface area (Å²) >= 11 is 1.11. The van der Waals surface area contributed by atoms with Gasteiger partial charge in [-0.2, -0.15) is 0 Å². The van der Waals surface area contributed by atoms with Gasteiger partial charge in [0.05, 0.1) is 11.4 Å². The summed E-state index contributed by atoms with van der Waals surface area (Å²) in [4.78, 5) is 29.3. The van der Waals surface area contributed by atoms with Crippen LogP contribution >= 0.6 is 11.3 Å². The quantitative estimate of drug-likeness (QED) is 0.460. The Bertz CT molecular complexity index is 1020. The van der Waals surface area contributed by atoms with Crippen molar-refractivity contribution in [3.8, 4) is 5.75 Å². The van der Waals surface area contributed by atoms with Gasteiger partial charge < -0.3 is 15.7 Å². The number of nitrogens with zero attached hydrogens (tertiary/aromatic N) is 1. The first kappa shape index (κ1) is 19.6. The Kier molecular flexibility index (Phi) is 6.10. The number of anilines is 2. The van der Waals surface area contributed by atoms with Gasteiger partial charge in [0, 0.05) is 18.0 Å². The second kappa shape index (κ2) is 8.71. The Morgan fingerprint density at radius 1 is 1.18 bits per heavy atom. The Morgan fingerprint density at radius 3 is 2.75 bits per heavy atom. The lowest BCUT2D eigenvalue weighted by Crippen LogP contribution is -2.29. The second-order valence-electron chi connectivity index (χ2n) is 6.34. The maximum Gasteiger partial charge on any atom is 0.321 e. The highest BCUT2D eigenvalue weighted by Gasteiger charge is 2.18. The average Bonchev–Trinajstić information content (AvgIpc) is 3.02. The summed E-state index contributed by atoms with van der Waals surface area (Å²) in [7, 11) is 0. The van der Waals surface area contributed by atoms with Crippen LogP contribution in [0.15, 0.2) is 36.4 Å². The van der Waals surface area contributed by atoms with Crippen molar-refractivity contribution >= 4 is 44.9 Å². The molecule has 8 heteroatoms. The molecule has 0 aliphatic heterocycles. The number of aromatic hydroxyl groups is 1. The normalized spacial score (nSPS) is 10.6. The molecule has 0 unspecified atom stereocenters. The molecule has 3 aromatic rings. The number of hydrogen-bond donors (Lipinski definition) is 4. The van der Waals surface area contributed by atoms with Crippen molar-refractivity contribution in [2.45, 2.75) is 26.7 Å². The molecule has 0 radical (unpaired) electrons. The van der Waals surface area contributed by atoms with Gasteiger partial charge in [-0.3, -0.25) is 10.1 Å². The first-order valence-corrected chi connectivity index (χ1v) is 9.85. The fourth-order valence-electron chi connectivity index (χ4n) is 2.76. The number of phenolic OH excluding ortho intramolecular Hbond substituents is 1. The Labute approximate surface area is 166 Å². The molecular weight excluding hydrogens is 376 g/mol. The molecule has 3 rings (SSSR count). The van der Waals surface area contributed by atoms with Crippen LogP contribution in [0.1, 0.15) is 35.1 Å². The van der Waals surface area contributed by atoms with E-state index in [2.05, 4.69) is 20.9 Å². The van der Waals surface area contributed by atoms with Crippen molar-refractivity contribution in [1.29, 1.82) is 0 Å². The van der Waals surface area contributed by atoms with E-state index in [0.29, 0.717) is 27.9 Å². The number of rotatable bonds is 6. The van der Waals surface area contributed by atoms with E-state index in [1.807, 2.05) is 31.2 Å². The van der Waals surface area contributed by atoms with Crippen molar-refractivity contribution in [2.24, 2.45) is 0 Å². The molecule has 7 nitrogen and oxygen atoms in total. The zero-order chi connectivity index (χ0) is 20.1. The smallest absolute Gasteiger partial charge is 0.321 e. The molecule has 1 aromatic heterocycles. The molecule has 0 aliphatic carbocycles. The first-order valence-electron chi connectivity index (χ1n) is 9.03. The number of thiazole rings is 1. The summed E-state index contributed by atoms with van der Waals surface area (Å²) in [6, 6.07) is 10.3. The van der Waals surface area contributed by atoms with Gasteiger partial charge in [-0.25, -0.2) is 9.78 Å². The van der Waals surface area contributed by atoms with E-state index >= 15 is 0 Å². The molecule has 0 fully saturated rings. The molecule has 0 spiro atoms. The van der Waals surface area contributed by atoms with E-state index in [1.54, 1.807) is 13.0 Å². The third-order valence-electron chi connectivity index (χ3n) is 4.13. The third-order valence-corrected chi connectivity index (χ3v) is 5.21. The van der Waals surface area contributed by atoms with Crippen LogP contribution in [0.5, 0.6) is 5.75 Å². The van der Waals surface area contributed by atoms with E-state index in [1.165, 1.54) is 6.07 Å². The predicted octanol–water partition coefficient (Wildman–Crippen LogP) is 4.48. The standard InChI is InChI=1S/C20H22N4O3S/c1-3-4-9-21-19(27)24-20-22-12(2)17(28-20)18(26)23-16-11-14(25)10-13-7-5-6-8-15(13)16/h5-8,10-11,25H,3-4,9H2,1-2H3,(H,23,26)(H2,21,22,24,27). The molecule has 4 N–H and O–H groups in total. The van der Waals surface area contributed by atoms with E-state index in [9.17, 15) is 14.7 Å². The van der Waals surface area contributed by atoms with Crippen LogP contribution < -0.4 is 16.0 Å². The highest BCUT2D eigenvalue weighted by molar-refractivity contribution is 7.17. The average molecular weight is 398 g/mol. The summed E-state index contributed by atoms with van der Waals surface area (Å²) < 4.78 is 0. The fourth-order valence-corrected chi connectivity index (χ4v) is 3.61. The van der Waals surface area contributed by atoms with E-state index in [0.717, 1.165) is 35.0 Å². The molecule has 3 amide bonds. The minimum atomic E-state index is -0.342. The molecule has 0 bridgehead atoms. The molecular formula is C20H22N4O3S. The van der Waals surface area contributed by atoms with Gasteiger partial charge in [0.15, 0.2) is 5.13 Å². The number of amides is 3. The summed E-state index contributed by atoms with van der Waals surface area (Å²) in [5.74, 6) is -0.272. The number of urea groups is 1. The number of phenols is 1. The van der Waals surface area contributed by atoms with Gasteiger partial charge in [-0.15, -0.1) is 0 Å². The minimum absolute atomic E-state index is 0.0705.